The predicted molar refractivity (Wildman–Crippen MR) is 95.6 cm³/mol. The van der Waals surface area contributed by atoms with Gasteiger partial charge in [-0.25, -0.2) is 8.42 Å². The van der Waals surface area contributed by atoms with Gasteiger partial charge >= 0.3 is 0 Å². The maximum Gasteiger partial charge on any atom is 0.218 e. The monoisotopic (exact) mass is 367 g/mol. The third-order valence-corrected chi connectivity index (χ3v) is 6.80. The maximum absolute atomic E-state index is 12.6. The number of hydrogen-bond acceptors (Lipinski definition) is 3. The standard InChI is InChI=1S/C16H22N4O2S2/c1-17-7-10-19(16(17)23)14-18-8-11-20(12-9-18)24(21,22)13-15-5-3-2-4-6-15/h2-7,10H,8-9,11-14H2,1H3/p+1. The van der Waals surface area contributed by atoms with Gasteiger partial charge in [0.25, 0.3) is 0 Å². The van der Waals surface area contributed by atoms with E-state index in [4.69, 9.17) is 12.2 Å². The molecule has 0 amide bonds. The Morgan fingerprint density at radius 3 is 2.38 bits per heavy atom. The summed E-state index contributed by atoms with van der Waals surface area (Å²) in [5.41, 5.74) is 0.836. The molecule has 2 heterocycles. The molecular weight excluding hydrogens is 344 g/mol. The summed E-state index contributed by atoms with van der Waals surface area (Å²) < 4.78 is 31.5. The number of aromatic nitrogens is 2. The summed E-state index contributed by atoms with van der Waals surface area (Å²) in [5.74, 6) is 0.0763. The molecule has 1 fully saturated rings. The molecule has 1 aliphatic rings. The van der Waals surface area contributed by atoms with Crippen molar-refractivity contribution in [3.63, 3.8) is 0 Å². The highest BCUT2D eigenvalue weighted by molar-refractivity contribution is 7.88. The zero-order valence-corrected chi connectivity index (χ0v) is 15.4. The molecule has 0 unspecified atom stereocenters. The smallest absolute Gasteiger partial charge is 0.218 e. The van der Waals surface area contributed by atoms with Gasteiger partial charge < -0.3 is 9.47 Å². The fourth-order valence-corrected chi connectivity index (χ4v) is 4.71. The van der Waals surface area contributed by atoms with Crippen LogP contribution in [0.25, 0.3) is 0 Å². The van der Waals surface area contributed by atoms with Gasteiger partial charge in [-0.1, -0.05) is 30.3 Å². The largest absolute Gasteiger partial charge is 0.327 e. The highest BCUT2D eigenvalue weighted by Gasteiger charge is 2.29. The van der Waals surface area contributed by atoms with Gasteiger partial charge in [0.1, 0.15) is 0 Å². The van der Waals surface area contributed by atoms with Crippen LogP contribution in [0.1, 0.15) is 5.56 Å². The summed E-state index contributed by atoms with van der Waals surface area (Å²) in [6.45, 7) is 3.50. The fraction of sp³-hybridized carbons (Fsp3) is 0.438. The third kappa shape index (κ3) is 3.94. The van der Waals surface area contributed by atoms with Crippen LogP contribution in [0.5, 0.6) is 0 Å². The van der Waals surface area contributed by atoms with Crippen molar-refractivity contribution in [3.8, 4) is 0 Å². The summed E-state index contributed by atoms with van der Waals surface area (Å²) in [6.07, 6.45) is 3.93. The quantitative estimate of drug-likeness (QED) is 0.771. The summed E-state index contributed by atoms with van der Waals surface area (Å²) in [7, 11) is -1.32. The van der Waals surface area contributed by atoms with Crippen molar-refractivity contribution >= 4 is 22.2 Å². The van der Waals surface area contributed by atoms with Crippen LogP contribution >= 0.6 is 12.2 Å². The lowest BCUT2D eigenvalue weighted by Gasteiger charge is -2.31. The molecule has 0 spiro atoms. The molecule has 1 aromatic carbocycles. The number of imidazole rings is 1. The number of aryl methyl sites for hydroxylation is 1. The molecule has 24 heavy (non-hydrogen) atoms. The summed E-state index contributed by atoms with van der Waals surface area (Å²) >= 11 is 5.36. The first kappa shape index (κ1) is 17.3. The van der Waals surface area contributed by atoms with Crippen LogP contribution in [0.2, 0.25) is 0 Å². The average molecular weight is 368 g/mol. The minimum absolute atomic E-state index is 0.0763. The van der Waals surface area contributed by atoms with Gasteiger partial charge in [-0.2, -0.15) is 4.31 Å². The summed E-state index contributed by atoms with van der Waals surface area (Å²) in [5, 5.41) is 0. The van der Waals surface area contributed by atoms with Crippen molar-refractivity contribution in [2.24, 2.45) is 7.05 Å². The number of sulfonamides is 1. The van der Waals surface area contributed by atoms with Gasteiger partial charge in [0.15, 0.2) is 11.4 Å². The van der Waals surface area contributed by atoms with Crippen molar-refractivity contribution in [3.05, 3.63) is 53.1 Å². The molecule has 0 radical (unpaired) electrons. The molecule has 0 aliphatic carbocycles. The van der Waals surface area contributed by atoms with E-state index in [0.717, 1.165) is 30.1 Å². The molecule has 0 bridgehead atoms. The molecule has 1 saturated heterocycles. The van der Waals surface area contributed by atoms with Crippen LogP contribution in [-0.2, 0) is 29.5 Å². The average Bonchev–Trinajstić information content (AvgIpc) is 2.88. The molecular formula is C16H23N4O2S2+. The summed E-state index contributed by atoms with van der Waals surface area (Å²) in [6, 6.07) is 9.35. The van der Waals surface area contributed by atoms with E-state index in [2.05, 4.69) is 0 Å². The minimum atomic E-state index is -3.25. The zero-order chi connectivity index (χ0) is 17.2. The molecule has 1 N–H and O–H groups in total. The van der Waals surface area contributed by atoms with Gasteiger partial charge in [-0.3, -0.25) is 4.57 Å². The highest BCUT2D eigenvalue weighted by atomic mass is 32.2. The molecule has 1 aliphatic heterocycles. The lowest BCUT2D eigenvalue weighted by atomic mass is 10.2. The summed E-state index contributed by atoms with van der Waals surface area (Å²) in [4.78, 5) is 1.35. The number of hydrogen-bond donors (Lipinski definition) is 1. The molecule has 6 nitrogen and oxygen atoms in total. The topological polar surface area (TPSA) is 51.7 Å². The number of nitrogens with zero attached hydrogens (tertiary/aromatic N) is 3. The Morgan fingerprint density at radius 2 is 1.79 bits per heavy atom. The van der Waals surface area contributed by atoms with E-state index in [1.54, 1.807) is 4.31 Å². The number of rotatable bonds is 5. The lowest BCUT2D eigenvalue weighted by molar-refractivity contribution is -0.926. The van der Waals surface area contributed by atoms with Crippen LogP contribution in [-0.4, -0.2) is 48.0 Å². The first-order chi connectivity index (χ1) is 11.5. The van der Waals surface area contributed by atoms with E-state index in [-0.39, 0.29) is 5.75 Å². The van der Waals surface area contributed by atoms with Gasteiger partial charge in [0.05, 0.1) is 31.9 Å². The molecule has 3 rings (SSSR count). The first-order valence-electron chi connectivity index (χ1n) is 8.03. The van der Waals surface area contributed by atoms with Gasteiger partial charge in [-0.15, -0.1) is 0 Å². The van der Waals surface area contributed by atoms with Crippen LogP contribution in [0.3, 0.4) is 0 Å². The Bertz CT molecular complexity index is 834. The van der Waals surface area contributed by atoms with Crippen molar-refractivity contribution in [1.29, 1.82) is 0 Å². The Balaban J connectivity index is 1.58. The number of nitrogens with one attached hydrogen (secondary N) is 1. The fourth-order valence-electron chi connectivity index (χ4n) is 2.99. The van der Waals surface area contributed by atoms with Crippen molar-refractivity contribution in [1.82, 2.24) is 13.4 Å². The van der Waals surface area contributed by atoms with Gasteiger partial charge in [0.2, 0.25) is 10.0 Å². The zero-order valence-electron chi connectivity index (χ0n) is 13.8. The Morgan fingerprint density at radius 1 is 1.12 bits per heavy atom. The van der Waals surface area contributed by atoms with E-state index < -0.39 is 10.0 Å². The van der Waals surface area contributed by atoms with Crippen molar-refractivity contribution in [2.75, 3.05) is 26.2 Å². The molecule has 2 aromatic rings. The van der Waals surface area contributed by atoms with Crippen LogP contribution in [0, 0.1) is 4.77 Å². The Labute approximate surface area is 148 Å². The second-order valence-corrected chi connectivity index (χ2v) is 8.54. The minimum Gasteiger partial charge on any atom is -0.327 e. The van der Waals surface area contributed by atoms with E-state index in [0.29, 0.717) is 13.1 Å². The number of quaternary nitrogens is 1. The van der Waals surface area contributed by atoms with E-state index in [1.165, 1.54) is 4.90 Å². The predicted octanol–water partition coefficient (Wildman–Crippen LogP) is 0.244. The van der Waals surface area contributed by atoms with E-state index >= 15 is 0 Å². The van der Waals surface area contributed by atoms with Crippen LogP contribution in [0.4, 0.5) is 0 Å². The van der Waals surface area contributed by atoms with Gasteiger partial charge in [0, 0.05) is 19.4 Å². The van der Waals surface area contributed by atoms with E-state index in [9.17, 15) is 8.42 Å². The van der Waals surface area contributed by atoms with Crippen LogP contribution in [0.15, 0.2) is 42.7 Å². The Hall–Kier alpha value is -1.48. The maximum atomic E-state index is 12.6. The molecule has 0 saturated carbocycles. The molecule has 130 valence electrons. The molecule has 8 heteroatoms. The lowest BCUT2D eigenvalue weighted by Crippen LogP contribution is -3.14. The second kappa shape index (κ2) is 7.18. The van der Waals surface area contributed by atoms with Crippen molar-refractivity contribution < 1.29 is 13.3 Å². The molecule has 1 aromatic heterocycles. The SMILES string of the molecule is Cn1ccn(C[NH+]2CCN(S(=O)(=O)Cc3ccccc3)CC2)c1=S. The number of piperazine rings is 1. The van der Waals surface area contributed by atoms with E-state index in [1.807, 2.05) is 58.9 Å². The highest BCUT2D eigenvalue weighted by Crippen LogP contribution is 2.10. The first-order valence-corrected chi connectivity index (χ1v) is 10.0. The number of benzene rings is 1. The van der Waals surface area contributed by atoms with Crippen LogP contribution < -0.4 is 4.90 Å². The van der Waals surface area contributed by atoms with Gasteiger partial charge in [-0.05, 0) is 17.8 Å². The second-order valence-electron chi connectivity index (χ2n) is 6.21. The normalized spacial score (nSPS) is 17.2. The third-order valence-electron chi connectivity index (χ3n) is 4.43. The van der Waals surface area contributed by atoms with Crippen molar-refractivity contribution in [2.45, 2.75) is 12.4 Å². The molecule has 0 atom stereocenters. The Kier molecular flexibility index (Phi) is 5.19.